The van der Waals surface area contributed by atoms with E-state index in [1.165, 1.54) is 90.0 Å². The molecule has 6 N–H and O–H groups in total. The Kier molecular flexibility index (Phi) is 36.5. The van der Waals surface area contributed by atoms with Crippen molar-refractivity contribution in [2.75, 3.05) is 62.5 Å². The number of allylic oxidation sites excluding steroid dienone is 2. The number of carbonyl (C=O) groups is 13. The van der Waals surface area contributed by atoms with Gasteiger partial charge in [0, 0.05) is 73.4 Å². The zero-order chi connectivity index (χ0) is 83.3. The van der Waals surface area contributed by atoms with Gasteiger partial charge in [-0.1, -0.05) is 121 Å². The highest BCUT2D eigenvalue weighted by atomic mass is 19.4. The molecule has 0 aromatic heterocycles. The molecule has 1 aromatic carbocycles. The minimum Gasteiger partial charge on any atom is -0.463 e. The Bertz CT molecular complexity index is 3380. The lowest BCUT2D eigenvalue weighted by Crippen LogP contribution is -2.64. The van der Waals surface area contributed by atoms with Gasteiger partial charge in [-0.2, -0.15) is 13.2 Å². The van der Waals surface area contributed by atoms with Gasteiger partial charge < -0.3 is 70.7 Å². The Morgan fingerprint density at radius 1 is 0.550 bits per heavy atom. The first-order chi connectivity index (χ1) is 50.6. The molecule has 1 fully saturated rings. The number of rotatable bonds is 24. The number of ether oxygens (including phenoxy) is 1. The number of alkyl halides is 3. The first-order valence-electron chi connectivity index (χ1n) is 38.0. The molecule has 13 atom stereocenters. The number of nitrogens with zero attached hydrogens (tertiary/aromatic N) is 9. The molecule has 614 valence electrons. The lowest BCUT2D eigenvalue weighted by molar-refractivity contribution is -0.166. The summed E-state index contributed by atoms with van der Waals surface area (Å²) in [4.78, 5) is 200. The lowest BCUT2D eigenvalue weighted by atomic mass is 9.91. The van der Waals surface area contributed by atoms with Crippen LogP contribution in [0.15, 0.2) is 46.6 Å². The topological polar surface area (TPSA) is 359 Å². The fourth-order valence-corrected chi connectivity index (χ4v) is 13.2. The summed E-state index contributed by atoms with van der Waals surface area (Å²) in [5.41, 5.74) is -2.88. The van der Waals surface area contributed by atoms with Crippen LogP contribution in [0.3, 0.4) is 0 Å². The molecule has 1 unspecified atom stereocenters. The molecule has 3 rings (SSSR count). The summed E-state index contributed by atoms with van der Waals surface area (Å²) in [6.45, 7) is 28.2. The molecule has 0 aliphatic carbocycles. The second-order valence-corrected chi connectivity index (χ2v) is 31.6. The van der Waals surface area contributed by atoms with Gasteiger partial charge in [0.1, 0.15) is 73.1 Å². The van der Waals surface area contributed by atoms with Crippen LogP contribution in [0.25, 0.3) is 0 Å². The third kappa shape index (κ3) is 25.5. The predicted molar refractivity (Wildman–Crippen MR) is 404 cm³/mol. The van der Waals surface area contributed by atoms with Crippen molar-refractivity contribution in [2.24, 2.45) is 51.7 Å². The number of esters is 1. The first kappa shape index (κ1) is 94.6. The highest BCUT2D eigenvalue weighted by Gasteiger charge is 2.65. The lowest BCUT2D eigenvalue weighted by Gasteiger charge is -2.41. The smallest absolute Gasteiger partial charge is 0.442 e. The molecule has 2 aliphatic rings. The van der Waals surface area contributed by atoms with Crippen LogP contribution in [0.4, 0.5) is 13.2 Å². The maximum absolute atomic E-state index is 15.5. The van der Waals surface area contributed by atoms with Gasteiger partial charge >= 0.3 is 17.8 Å². The van der Waals surface area contributed by atoms with Gasteiger partial charge in [-0.15, -0.1) is 10.2 Å². The molecular weight excluding hydrogens is 1420 g/mol. The summed E-state index contributed by atoms with van der Waals surface area (Å²) in [5, 5.41) is 32.1. The van der Waals surface area contributed by atoms with Crippen molar-refractivity contribution in [1.82, 2.24) is 60.9 Å². The van der Waals surface area contributed by atoms with E-state index in [1.807, 2.05) is 27.7 Å². The van der Waals surface area contributed by atoms with Gasteiger partial charge in [-0.3, -0.25) is 62.3 Å². The Morgan fingerprint density at radius 3 is 1.47 bits per heavy atom. The molecule has 2 heterocycles. The summed E-state index contributed by atoms with van der Waals surface area (Å²) in [6.07, 6.45) is -2.44. The van der Waals surface area contributed by atoms with Crippen molar-refractivity contribution in [3.05, 3.63) is 47.5 Å². The van der Waals surface area contributed by atoms with E-state index < -0.39 is 186 Å². The number of aliphatic hydroxyl groups is 1. The number of hydrogen-bond donors (Lipinski definition) is 6. The van der Waals surface area contributed by atoms with E-state index in [1.54, 1.807) is 88.3 Å². The summed E-state index contributed by atoms with van der Waals surface area (Å²) in [5.74, 6) is -13.3. The molecule has 1 saturated heterocycles. The van der Waals surface area contributed by atoms with Crippen molar-refractivity contribution in [3.63, 3.8) is 0 Å². The molecule has 0 radical (unpaired) electrons. The van der Waals surface area contributed by atoms with Crippen LogP contribution < -0.4 is 26.6 Å². The standard InChI is InChI=1S/C77H125F3N14O15/c1-25-27-30-48(15)63(96)62-68(101)83-53(26-2)70(103)88(18)50(17)69(102)89(19)56(38-43(5)6)67(100)85-60(46(11)12)74(107)90(20)55(37-42(3)4)66(99)82-49(16)64(97)84-54(41-109-59(95)31-28-29-36-81-65(98)51-32-34-52(35-33-51)76(86-87-76)77(78,79)80)71(104)91(21)57(39-44(7)8)72(105)92(22)58(40-45(9)10)73(106)93(23)61(47(13)14)75(108)94(62)24/h25,27,32-35,42-50,53-58,60-63,96H,26,28-31,36-41H2,1-24H3,(H,81,98)(H,82,99)(H,83,101)(H,84,97)(H,85,100)/b27-25+/t48-,49+,50?,53+,54+,55+,56+,57+,58+,60+,61+,62+,63-/m1/s1. The normalized spacial score (nSPS) is 25.1. The summed E-state index contributed by atoms with van der Waals surface area (Å²) < 4.78 is 46.4. The zero-order valence-electron chi connectivity index (χ0n) is 68.5. The van der Waals surface area contributed by atoms with E-state index in [0.29, 0.717) is 0 Å². The van der Waals surface area contributed by atoms with E-state index in [2.05, 4.69) is 36.8 Å². The highest BCUT2D eigenvalue weighted by molar-refractivity contribution is 6.00. The summed E-state index contributed by atoms with van der Waals surface area (Å²) >= 11 is 0. The van der Waals surface area contributed by atoms with Crippen LogP contribution in [0, 0.1) is 41.4 Å². The van der Waals surface area contributed by atoms with Crippen LogP contribution in [0.1, 0.15) is 191 Å². The summed E-state index contributed by atoms with van der Waals surface area (Å²) in [7, 11) is 9.48. The quantitative estimate of drug-likeness (QED) is 0.0395. The Morgan fingerprint density at radius 2 is 1.00 bits per heavy atom. The molecule has 12 amide bonds. The molecule has 1 aromatic rings. The van der Waals surface area contributed by atoms with Crippen molar-refractivity contribution in [2.45, 2.75) is 260 Å². The van der Waals surface area contributed by atoms with Crippen molar-refractivity contribution < 1.29 is 85.3 Å². The van der Waals surface area contributed by atoms with Crippen molar-refractivity contribution in [1.29, 1.82) is 0 Å². The predicted octanol–water partition coefficient (Wildman–Crippen LogP) is 5.96. The van der Waals surface area contributed by atoms with E-state index in [4.69, 9.17) is 4.74 Å². The van der Waals surface area contributed by atoms with Gasteiger partial charge in [-0.05, 0) is 126 Å². The number of halogens is 3. The van der Waals surface area contributed by atoms with E-state index in [0.717, 1.165) is 31.7 Å². The van der Waals surface area contributed by atoms with Crippen molar-refractivity contribution in [3.8, 4) is 0 Å². The number of amides is 12. The van der Waals surface area contributed by atoms with Gasteiger partial charge in [0.2, 0.25) is 65.0 Å². The molecule has 0 bridgehead atoms. The Balaban J connectivity index is 2.29. The zero-order valence-corrected chi connectivity index (χ0v) is 68.5. The van der Waals surface area contributed by atoms with Gasteiger partial charge in [0.25, 0.3) is 5.91 Å². The van der Waals surface area contributed by atoms with Crippen LogP contribution >= 0.6 is 0 Å². The van der Waals surface area contributed by atoms with E-state index in [-0.39, 0.29) is 99.1 Å². The van der Waals surface area contributed by atoms with Gasteiger partial charge in [0.05, 0.1) is 6.10 Å². The average Bonchev–Trinajstić information content (AvgIpc) is 1.59. The SMILES string of the molecule is C/C=C/C[C@@H](C)[C@@H](O)[C@H]1C(=O)N[C@@H](CC)C(=O)N(C)C(C)C(=O)N(C)[C@@H](CC(C)C)C(=O)N[C@@H](C(C)C)C(=O)N(C)[C@@H](CC(C)C)C(=O)N[C@@H](C)C(=O)N[C@@H](COC(=O)CCCCNC(=O)c2ccc(C3(C(F)(F)F)N=N3)cc2)C(=O)N(C)[C@@H](CC(C)C)C(=O)N(C)[C@@H](CC(C)C)C(=O)N(C)[C@@H](C(C)C)C(=O)N1C. The maximum Gasteiger partial charge on any atom is 0.442 e. The van der Waals surface area contributed by atoms with Crippen molar-refractivity contribution >= 4 is 76.9 Å². The monoisotopic (exact) mass is 1540 g/mol. The third-order valence-corrected chi connectivity index (χ3v) is 20.2. The molecule has 29 nitrogen and oxygen atoms in total. The molecule has 109 heavy (non-hydrogen) atoms. The number of carbonyl (C=O) groups excluding carboxylic acids is 13. The largest absolute Gasteiger partial charge is 0.463 e. The number of hydrogen-bond acceptors (Lipinski definition) is 17. The highest BCUT2D eigenvalue weighted by Crippen LogP contribution is 2.52. The number of aliphatic hydroxyl groups excluding tert-OH is 1. The number of nitrogens with one attached hydrogen (secondary N) is 5. The van der Waals surface area contributed by atoms with E-state index in [9.17, 15) is 56.6 Å². The molecule has 2 aliphatic heterocycles. The third-order valence-electron chi connectivity index (χ3n) is 20.2. The fraction of sp³-hybridized carbons (Fsp3) is 0.727. The molecule has 0 spiro atoms. The maximum atomic E-state index is 15.5. The molecule has 0 saturated carbocycles. The Hall–Kier alpha value is -8.58. The van der Waals surface area contributed by atoms with E-state index >= 15 is 24.0 Å². The van der Waals surface area contributed by atoms with Crippen LogP contribution in [0.2, 0.25) is 0 Å². The number of likely N-dealkylation sites (N-methyl/N-ethyl adjacent to an activating group) is 7. The van der Waals surface area contributed by atoms with Gasteiger partial charge in [0.15, 0.2) is 0 Å². The average molecular weight is 1540 g/mol. The number of benzene rings is 1. The summed E-state index contributed by atoms with van der Waals surface area (Å²) in [6, 6.07) is -10.8. The second kappa shape index (κ2) is 42.0. The fourth-order valence-electron chi connectivity index (χ4n) is 13.2. The molecular formula is C77H125F3N14O15. The van der Waals surface area contributed by atoms with Crippen LogP contribution in [0.5, 0.6) is 0 Å². The number of unbranched alkanes of at least 4 members (excludes halogenated alkanes) is 1. The van der Waals surface area contributed by atoms with Gasteiger partial charge in [-0.25, -0.2) is 0 Å². The second-order valence-electron chi connectivity index (χ2n) is 31.6. The molecule has 32 heteroatoms. The minimum atomic E-state index is -4.76. The van der Waals surface area contributed by atoms with Crippen LogP contribution in [-0.4, -0.2) is 257 Å². The minimum absolute atomic E-state index is 0.0191. The first-order valence-corrected chi connectivity index (χ1v) is 38.0. The Labute approximate surface area is 642 Å². The van der Waals surface area contributed by atoms with Crippen LogP contribution in [-0.2, 0) is 67.9 Å².